The molecule has 0 spiro atoms. The zero-order chi connectivity index (χ0) is 21.8. The second kappa shape index (κ2) is 9.72. The number of fused-ring (bicyclic) bond motifs is 1. The van der Waals surface area contributed by atoms with Crippen LogP contribution in [0.1, 0.15) is 44.3 Å². The van der Waals surface area contributed by atoms with Crippen molar-refractivity contribution in [1.82, 2.24) is 24.4 Å². The average Bonchev–Trinajstić information content (AvgIpc) is 3.18. The van der Waals surface area contributed by atoms with E-state index in [2.05, 4.69) is 40.2 Å². The van der Waals surface area contributed by atoms with Gasteiger partial charge in [-0.15, -0.1) is 0 Å². The Bertz CT molecular complexity index is 1040. The Kier molecular flexibility index (Phi) is 6.80. The van der Waals surface area contributed by atoms with Gasteiger partial charge >= 0.3 is 0 Å². The van der Waals surface area contributed by atoms with Crippen LogP contribution in [0.3, 0.4) is 0 Å². The molecule has 166 valence electrons. The van der Waals surface area contributed by atoms with E-state index >= 15 is 0 Å². The minimum atomic E-state index is -0.392. The lowest BCUT2D eigenvalue weighted by Gasteiger charge is -2.28. The molecule has 1 aliphatic heterocycles. The van der Waals surface area contributed by atoms with E-state index in [9.17, 15) is 4.79 Å². The summed E-state index contributed by atoms with van der Waals surface area (Å²) in [6.45, 7) is 11.2. The molecule has 2 aromatic heterocycles. The van der Waals surface area contributed by atoms with E-state index in [1.807, 2.05) is 30.3 Å². The monoisotopic (exact) mass is 425 g/mol. The van der Waals surface area contributed by atoms with Crippen molar-refractivity contribution in [2.24, 2.45) is 5.92 Å². The van der Waals surface area contributed by atoms with E-state index in [0.717, 1.165) is 38.4 Å². The number of morpholine rings is 1. The van der Waals surface area contributed by atoms with Gasteiger partial charge in [-0.2, -0.15) is 0 Å². The molecular weight excluding hydrogens is 394 g/mol. The zero-order valence-corrected chi connectivity index (χ0v) is 18.5. The van der Waals surface area contributed by atoms with Crippen molar-refractivity contribution < 1.29 is 9.47 Å². The highest BCUT2D eigenvalue weighted by atomic mass is 16.5. The van der Waals surface area contributed by atoms with E-state index in [4.69, 9.17) is 14.5 Å². The Balaban J connectivity index is 1.72. The number of nitrogens with zero attached hydrogens (tertiary/aromatic N) is 4. The van der Waals surface area contributed by atoms with Crippen LogP contribution in [-0.2, 0) is 9.47 Å². The standard InChI is InChI=1S/C23H31N5O3/c1-16(2)17(3)28-21-19(23(29)25-15-24-21)26-22(28)20(18-7-5-4-6-8-18)31-14-11-27-9-12-30-13-10-27/h4-8,15-17,20H,9-14H2,1-3H3,(H,24,25,29). The van der Waals surface area contributed by atoms with Crippen LogP contribution in [0.2, 0.25) is 0 Å². The number of imidazole rings is 1. The molecule has 1 saturated heterocycles. The van der Waals surface area contributed by atoms with Gasteiger partial charge in [0.05, 0.1) is 26.1 Å². The predicted molar refractivity (Wildman–Crippen MR) is 119 cm³/mol. The molecule has 0 saturated carbocycles. The summed E-state index contributed by atoms with van der Waals surface area (Å²) in [5, 5.41) is 0. The maximum atomic E-state index is 12.5. The molecular formula is C23H31N5O3. The molecule has 0 bridgehead atoms. The minimum absolute atomic E-state index is 0.100. The molecule has 8 heteroatoms. The number of aromatic amines is 1. The van der Waals surface area contributed by atoms with Crippen LogP contribution in [-0.4, -0.2) is 63.9 Å². The van der Waals surface area contributed by atoms with Crippen molar-refractivity contribution in [2.45, 2.75) is 32.9 Å². The molecule has 3 aromatic rings. The summed E-state index contributed by atoms with van der Waals surface area (Å²) in [5.74, 6) is 1.05. The van der Waals surface area contributed by atoms with Gasteiger partial charge in [0.1, 0.15) is 11.9 Å². The van der Waals surface area contributed by atoms with E-state index in [1.54, 1.807) is 0 Å². The predicted octanol–water partition coefficient (Wildman–Crippen LogP) is 2.77. The van der Waals surface area contributed by atoms with E-state index in [0.29, 0.717) is 29.5 Å². The quantitative estimate of drug-likeness (QED) is 0.597. The summed E-state index contributed by atoms with van der Waals surface area (Å²) in [4.78, 5) is 26.7. The third kappa shape index (κ3) is 4.71. The normalized spacial score (nSPS) is 17.3. The van der Waals surface area contributed by atoms with Crippen molar-refractivity contribution in [2.75, 3.05) is 39.5 Å². The van der Waals surface area contributed by atoms with Crippen molar-refractivity contribution in [3.05, 3.63) is 58.4 Å². The largest absolute Gasteiger partial charge is 0.379 e. The summed E-state index contributed by atoms with van der Waals surface area (Å²) >= 11 is 0. The van der Waals surface area contributed by atoms with Crippen molar-refractivity contribution >= 4 is 11.2 Å². The molecule has 1 N–H and O–H groups in total. The van der Waals surface area contributed by atoms with Gasteiger partial charge in [0.2, 0.25) is 0 Å². The second-order valence-corrected chi connectivity index (χ2v) is 8.34. The Labute approximate surface area is 182 Å². The van der Waals surface area contributed by atoms with Crippen molar-refractivity contribution in [3.63, 3.8) is 0 Å². The number of rotatable bonds is 8. The van der Waals surface area contributed by atoms with Crippen LogP contribution < -0.4 is 5.56 Å². The SMILES string of the molecule is CC(C)C(C)n1c(C(OCCN2CCOCC2)c2ccccc2)nc2c(=O)[nH]cnc21. The van der Waals surface area contributed by atoms with E-state index in [1.165, 1.54) is 6.33 Å². The van der Waals surface area contributed by atoms with Gasteiger partial charge in [0.15, 0.2) is 11.2 Å². The molecule has 3 heterocycles. The number of benzene rings is 1. The molecule has 2 atom stereocenters. The molecule has 1 fully saturated rings. The average molecular weight is 426 g/mol. The Hall–Kier alpha value is -2.55. The van der Waals surface area contributed by atoms with Crippen molar-refractivity contribution in [1.29, 1.82) is 0 Å². The first-order valence-electron chi connectivity index (χ1n) is 11.0. The molecule has 2 unspecified atom stereocenters. The van der Waals surface area contributed by atoms with Gasteiger partial charge in [-0.1, -0.05) is 44.2 Å². The molecule has 8 nitrogen and oxygen atoms in total. The first-order chi connectivity index (χ1) is 15.1. The lowest BCUT2D eigenvalue weighted by molar-refractivity contribution is 0.00730. The van der Waals surface area contributed by atoms with Crippen LogP contribution in [0.25, 0.3) is 11.2 Å². The fourth-order valence-corrected chi connectivity index (χ4v) is 3.89. The summed E-state index contributed by atoms with van der Waals surface area (Å²) in [7, 11) is 0. The number of aromatic nitrogens is 4. The maximum Gasteiger partial charge on any atom is 0.278 e. The summed E-state index contributed by atoms with van der Waals surface area (Å²) < 4.78 is 14.0. The Morgan fingerprint density at radius 1 is 1.16 bits per heavy atom. The van der Waals surface area contributed by atoms with Crippen LogP contribution in [0.5, 0.6) is 0 Å². The first-order valence-corrected chi connectivity index (χ1v) is 11.0. The number of nitrogens with one attached hydrogen (secondary N) is 1. The van der Waals surface area contributed by atoms with Gasteiger partial charge in [-0.25, -0.2) is 9.97 Å². The minimum Gasteiger partial charge on any atom is -0.379 e. The Morgan fingerprint density at radius 2 is 1.90 bits per heavy atom. The highest BCUT2D eigenvalue weighted by molar-refractivity contribution is 5.70. The molecule has 1 aliphatic rings. The van der Waals surface area contributed by atoms with Crippen LogP contribution in [0.15, 0.2) is 41.5 Å². The zero-order valence-electron chi connectivity index (χ0n) is 18.5. The molecule has 0 aliphatic carbocycles. The summed E-state index contributed by atoms with van der Waals surface area (Å²) in [5.41, 5.74) is 1.72. The third-order valence-corrected chi connectivity index (χ3v) is 6.02. The molecule has 31 heavy (non-hydrogen) atoms. The fourth-order valence-electron chi connectivity index (χ4n) is 3.89. The number of ether oxygens (including phenoxy) is 2. The van der Waals surface area contributed by atoms with Gasteiger partial charge < -0.3 is 19.0 Å². The molecule has 1 aromatic carbocycles. The summed E-state index contributed by atoms with van der Waals surface area (Å²) in [6, 6.07) is 10.2. The highest BCUT2D eigenvalue weighted by Gasteiger charge is 2.28. The van der Waals surface area contributed by atoms with E-state index < -0.39 is 6.10 Å². The smallest absolute Gasteiger partial charge is 0.278 e. The molecule has 0 amide bonds. The lowest BCUT2D eigenvalue weighted by atomic mass is 10.0. The van der Waals surface area contributed by atoms with Crippen LogP contribution in [0.4, 0.5) is 0 Å². The number of H-pyrrole nitrogens is 1. The third-order valence-electron chi connectivity index (χ3n) is 6.02. The van der Waals surface area contributed by atoms with Crippen molar-refractivity contribution in [3.8, 4) is 0 Å². The summed E-state index contributed by atoms with van der Waals surface area (Å²) in [6.07, 6.45) is 1.05. The van der Waals surface area contributed by atoms with Gasteiger partial charge in [-0.3, -0.25) is 9.69 Å². The number of hydrogen-bond donors (Lipinski definition) is 1. The van der Waals surface area contributed by atoms with Gasteiger partial charge in [-0.05, 0) is 18.4 Å². The van der Waals surface area contributed by atoms with Gasteiger partial charge in [0.25, 0.3) is 5.56 Å². The number of hydrogen-bond acceptors (Lipinski definition) is 6. The maximum absolute atomic E-state index is 12.5. The molecule has 0 radical (unpaired) electrons. The lowest BCUT2D eigenvalue weighted by Crippen LogP contribution is -2.38. The molecule has 4 rings (SSSR count). The first kappa shape index (κ1) is 21.7. The highest BCUT2D eigenvalue weighted by Crippen LogP contribution is 2.32. The fraction of sp³-hybridized carbons (Fsp3) is 0.522. The van der Waals surface area contributed by atoms with Gasteiger partial charge in [0, 0.05) is 25.7 Å². The Morgan fingerprint density at radius 3 is 2.61 bits per heavy atom. The van der Waals surface area contributed by atoms with Crippen LogP contribution in [0, 0.1) is 5.92 Å². The van der Waals surface area contributed by atoms with Crippen LogP contribution >= 0.6 is 0 Å². The topological polar surface area (TPSA) is 85.3 Å². The van der Waals surface area contributed by atoms with E-state index in [-0.39, 0.29) is 11.6 Å². The second-order valence-electron chi connectivity index (χ2n) is 8.34.